The van der Waals surface area contributed by atoms with Gasteiger partial charge in [-0.2, -0.15) is 0 Å². The summed E-state index contributed by atoms with van der Waals surface area (Å²) in [6.07, 6.45) is 5.09. The molecule has 0 spiro atoms. The molecule has 0 aliphatic heterocycles. The zero-order valence-corrected chi connectivity index (χ0v) is 14.1. The Morgan fingerprint density at radius 3 is 2.47 bits per heavy atom. The predicted molar refractivity (Wildman–Crippen MR) is 83.8 cm³/mol. The van der Waals surface area contributed by atoms with Crippen molar-refractivity contribution < 1.29 is 0 Å². The van der Waals surface area contributed by atoms with Gasteiger partial charge in [-0.3, -0.25) is 4.99 Å². The summed E-state index contributed by atoms with van der Waals surface area (Å²) in [5.74, 6) is 0. The van der Waals surface area contributed by atoms with E-state index in [4.69, 9.17) is 4.99 Å². The Morgan fingerprint density at radius 2 is 1.89 bits per heavy atom. The molecule has 0 amide bonds. The van der Waals surface area contributed by atoms with E-state index in [1.165, 1.54) is 30.5 Å². The molecule has 3 heteroatoms. The summed E-state index contributed by atoms with van der Waals surface area (Å²) in [4.78, 5) is 7.65. The van der Waals surface area contributed by atoms with Gasteiger partial charge in [0.15, 0.2) is 4.80 Å². The fourth-order valence-electron chi connectivity index (χ4n) is 2.97. The van der Waals surface area contributed by atoms with Gasteiger partial charge in [0.1, 0.15) is 0 Å². The van der Waals surface area contributed by atoms with Crippen molar-refractivity contribution in [3.05, 3.63) is 15.4 Å². The van der Waals surface area contributed by atoms with Crippen LogP contribution in [-0.2, 0) is 12.8 Å². The van der Waals surface area contributed by atoms with E-state index in [9.17, 15) is 0 Å². The smallest absolute Gasteiger partial charge is 0.185 e. The molecule has 1 aromatic rings. The SMILES string of the molecule is CC(C)/N=c1\sc2c(n1C(C)C)CCCC(C)(C)C2. The van der Waals surface area contributed by atoms with Crippen LogP contribution in [0.2, 0.25) is 0 Å². The van der Waals surface area contributed by atoms with E-state index in [2.05, 4.69) is 46.1 Å². The Morgan fingerprint density at radius 1 is 1.21 bits per heavy atom. The molecule has 0 saturated carbocycles. The van der Waals surface area contributed by atoms with Gasteiger partial charge in [-0.15, -0.1) is 11.3 Å². The van der Waals surface area contributed by atoms with Crippen molar-refractivity contribution in [3.63, 3.8) is 0 Å². The largest absolute Gasteiger partial charge is 0.318 e. The molecule has 2 nitrogen and oxygen atoms in total. The fraction of sp³-hybridized carbons (Fsp3) is 0.812. The lowest BCUT2D eigenvalue weighted by molar-refractivity contribution is 0.334. The quantitative estimate of drug-likeness (QED) is 0.717. The van der Waals surface area contributed by atoms with Crippen molar-refractivity contribution in [1.82, 2.24) is 4.57 Å². The van der Waals surface area contributed by atoms with Crippen LogP contribution in [0.4, 0.5) is 0 Å². The minimum atomic E-state index is 0.375. The highest BCUT2D eigenvalue weighted by Gasteiger charge is 2.27. The first-order chi connectivity index (χ1) is 8.80. The average molecular weight is 280 g/mol. The zero-order valence-electron chi connectivity index (χ0n) is 13.3. The second-order valence-corrected chi connectivity index (χ2v) is 8.20. The van der Waals surface area contributed by atoms with E-state index in [0.717, 1.165) is 0 Å². The number of nitrogens with zero attached hydrogens (tertiary/aromatic N) is 2. The summed E-state index contributed by atoms with van der Waals surface area (Å²) in [5.41, 5.74) is 2.00. The van der Waals surface area contributed by atoms with Gasteiger partial charge in [-0.25, -0.2) is 0 Å². The van der Waals surface area contributed by atoms with Gasteiger partial charge in [-0.1, -0.05) is 13.8 Å². The highest BCUT2D eigenvalue weighted by atomic mass is 32.1. The zero-order chi connectivity index (χ0) is 14.2. The van der Waals surface area contributed by atoms with Gasteiger partial charge in [0.05, 0.1) is 0 Å². The van der Waals surface area contributed by atoms with Crippen LogP contribution in [0.5, 0.6) is 0 Å². The van der Waals surface area contributed by atoms with Gasteiger partial charge in [-0.05, 0) is 58.8 Å². The molecule has 0 aromatic carbocycles. The first-order valence-electron chi connectivity index (χ1n) is 7.57. The molecule has 0 bridgehead atoms. The van der Waals surface area contributed by atoms with Crippen LogP contribution in [0.25, 0.3) is 0 Å². The number of hydrogen-bond acceptors (Lipinski definition) is 2. The van der Waals surface area contributed by atoms with Crippen molar-refractivity contribution in [2.75, 3.05) is 0 Å². The molecular formula is C16H28N2S. The van der Waals surface area contributed by atoms with Crippen LogP contribution < -0.4 is 4.80 Å². The Labute approximate surface area is 121 Å². The van der Waals surface area contributed by atoms with Crippen LogP contribution >= 0.6 is 11.3 Å². The normalized spacial score (nSPS) is 19.9. The summed E-state index contributed by atoms with van der Waals surface area (Å²) in [6.45, 7) is 13.7. The average Bonchev–Trinajstić information content (AvgIpc) is 2.46. The maximum atomic E-state index is 4.85. The van der Waals surface area contributed by atoms with E-state index < -0.39 is 0 Å². The minimum absolute atomic E-state index is 0.375. The summed E-state index contributed by atoms with van der Waals surface area (Å²) < 4.78 is 2.49. The Hall–Kier alpha value is -0.570. The lowest BCUT2D eigenvalue weighted by atomic mass is 9.85. The van der Waals surface area contributed by atoms with Crippen molar-refractivity contribution >= 4 is 11.3 Å². The molecule has 19 heavy (non-hydrogen) atoms. The van der Waals surface area contributed by atoms with Gasteiger partial charge < -0.3 is 4.57 Å². The molecule has 0 saturated heterocycles. The lowest BCUT2D eigenvalue weighted by Crippen LogP contribution is -2.21. The van der Waals surface area contributed by atoms with Crippen molar-refractivity contribution in [1.29, 1.82) is 0 Å². The summed E-state index contributed by atoms with van der Waals surface area (Å²) in [7, 11) is 0. The third kappa shape index (κ3) is 3.31. The molecule has 1 aromatic heterocycles. The second kappa shape index (κ2) is 5.43. The second-order valence-electron chi connectivity index (χ2n) is 7.14. The van der Waals surface area contributed by atoms with E-state index in [-0.39, 0.29) is 0 Å². The lowest BCUT2D eigenvalue weighted by Gasteiger charge is -2.21. The number of rotatable bonds is 2. The van der Waals surface area contributed by atoms with Gasteiger partial charge in [0, 0.05) is 22.7 Å². The van der Waals surface area contributed by atoms with E-state index in [1.54, 1.807) is 10.6 Å². The standard InChI is InChI=1S/C16H28N2S/c1-11(2)17-15-18(12(3)4)13-8-7-9-16(5,6)10-14(13)19-15/h11-12H,7-10H2,1-6H3/b17-15-. The highest BCUT2D eigenvalue weighted by Crippen LogP contribution is 2.35. The maximum Gasteiger partial charge on any atom is 0.185 e. The van der Waals surface area contributed by atoms with Crippen molar-refractivity contribution in [2.24, 2.45) is 10.4 Å². The van der Waals surface area contributed by atoms with E-state index in [1.807, 2.05) is 11.3 Å². The molecule has 0 radical (unpaired) electrons. The molecule has 1 heterocycles. The number of hydrogen-bond donors (Lipinski definition) is 0. The van der Waals surface area contributed by atoms with Crippen LogP contribution in [0.3, 0.4) is 0 Å². The highest BCUT2D eigenvalue weighted by molar-refractivity contribution is 7.09. The van der Waals surface area contributed by atoms with Crippen LogP contribution in [0.15, 0.2) is 4.99 Å². The summed E-state index contributed by atoms with van der Waals surface area (Å²) in [5, 5.41) is 0. The first-order valence-corrected chi connectivity index (χ1v) is 8.39. The Kier molecular flexibility index (Phi) is 4.24. The van der Waals surface area contributed by atoms with E-state index >= 15 is 0 Å². The third-order valence-corrected chi connectivity index (χ3v) is 4.94. The molecule has 0 fully saturated rings. The third-order valence-electron chi connectivity index (χ3n) is 3.82. The van der Waals surface area contributed by atoms with E-state index in [0.29, 0.717) is 17.5 Å². The van der Waals surface area contributed by atoms with Crippen LogP contribution in [0, 0.1) is 5.41 Å². The maximum absolute atomic E-state index is 4.85. The molecule has 2 rings (SSSR count). The van der Waals surface area contributed by atoms with Gasteiger partial charge in [0.2, 0.25) is 0 Å². The van der Waals surface area contributed by atoms with Crippen molar-refractivity contribution in [2.45, 2.75) is 79.3 Å². The molecule has 0 N–H and O–H groups in total. The molecule has 0 unspecified atom stereocenters. The summed E-state index contributed by atoms with van der Waals surface area (Å²) >= 11 is 1.93. The van der Waals surface area contributed by atoms with Gasteiger partial charge >= 0.3 is 0 Å². The summed E-state index contributed by atoms with van der Waals surface area (Å²) in [6, 6.07) is 0.888. The Balaban J connectivity index is 2.56. The molecule has 1 aliphatic rings. The molecule has 0 atom stereocenters. The van der Waals surface area contributed by atoms with Crippen LogP contribution in [-0.4, -0.2) is 10.6 Å². The number of fused-ring (bicyclic) bond motifs is 1. The monoisotopic (exact) mass is 280 g/mol. The minimum Gasteiger partial charge on any atom is -0.318 e. The molecular weight excluding hydrogens is 252 g/mol. The molecule has 1 aliphatic carbocycles. The Bertz CT molecular complexity index is 503. The number of aromatic nitrogens is 1. The molecule has 108 valence electrons. The van der Waals surface area contributed by atoms with Crippen molar-refractivity contribution in [3.8, 4) is 0 Å². The number of thiazole rings is 1. The first kappa shape index (κ1) is 14.8. The van der Waals surface area contributed by atoms with Gasteiger partial charge in [0.25, 0.3) is 0 Å². The topological polar surface area (TPSA) is 17.3 Å². The predicted octanol–water partition coefficient (Wildman–Crippen LogP) is 4.34. The van der Waals surface area contributed by atoms with Crippen LogP contribution in [0.1, 0.15) is 71.0 Å². The fourth-order valence-corrected chi connectivity index (χ4v) is 4.65.